The number of fused-ring (bicyclic) bond motifs is 1. The average Bonchev–Trinajstić information content (AvgIpc) is 3.00. The maximum absolute atomic E-state index is 12.4. The molecule has 24 heavy (non-hydrogen) atoms. The summed E-state index contributed by atoms with van der Waals surface area (Å²) in [4.78, 5) is 20.3. The highest BCUT2D eigenvalue weighted by Gasteiger charge is 2.20. The summed E-state index contributed by atoms with van der Waals surface area (Å²) in [6.07, 6.45) is 3.27. The maximum Gasteiger partial charge on any atom is 0.433 e. The maximum atomic E-state index is 12.4. The van der Waals surface area contributed by atoms with Gasteiger partial charge >= 0.3 is 14.8 Å². The molecule has 0 amide bonds. The van der Waals surface area contributed by atoms with Gasteiger partial charge in [0.2, 0.25) is 0 Å². The Morgan fingerprint density at radius 1 is 1.33 bits per heavy atom. The van der Waals surface area contributed by atoms with Crippen molar-refractivity contribution in [2.75, 3.05) is 0 Å². The smallest absolute Gasteiger partial charge is 0.372 e. The number of carbonyl (C=O) groups excluding carboxylic acids is 1. The van der Waals surface area contributed by atoms with Crippen LogP contribution in [0, 0.1) is 21.7 Å². The molecule has 1 N–H and O–H groups in total. The number of halogens is 2. The van der Waals surface area contributed by atoms with Gasteiger partial charge < -0.3 is 8.40 Å². The lowest BCUT2D eigenvalue weighted by Gasteiger charge is -2.09. The lowest BCUT2D eigenvalue weighted by Crippen LogP contribution is -2.30. The van der Waals surface area contributed by atoms with Gasteiger partial charge in [-0.15, -0.1) is 0 Å². The highest BCUT2D eigenvalue weighted by Crippen LogP contribution is 2.26. The molecule has 0 saturated heterocycles. The predicted octanol–water partition coefficient (Wildman–Crippen LogP) is -0.183. The zero-order valence-corrected chi connectivity index (χ0v) is 15.5. The third kappa shape index (κ3) is 4.89. The normalized spacial score (nSPS) is 11.9. The van der Waals surface area contributed by atoms with Crippen LogP contribution in [0.1, 0.15) is 26.6 Å². The van der Waals surface area contributed by atoms with E-state index in [4.69, 9.17) is 12.6 Å². The summed E-state index contributed by atoms with van der Waals surface area (Å²) in [6, 6.07) is 9.10. The largest absolute Gasteiger partial charge is 0.433 e. The number of alkyl halides is 1. The van der Waals surface area contributed by atoms with Crippen molar-refractivity contribution in [1.29, 1.82) is 0 Å². The van der Waals surface area contributed by atoms with E-state index in [0.29, 0.717) is 5.69 Å². The molecular weight excluding hydrogens is 448 g/mol. The van der Waals surface area contributed by atoms with Crippen LogP contribution < -0.4 is 8.40 Å². The second-order valence-corrected chi connectivity index (χ2v) is 6.38. The van der Waals surface area contributed by atoms with Crippen LogP contribution in [-0.2, 0) is 0 Å². The highest BCUT2D eigenvalue weighted by atomic mass is 80.0. The Balaban J connectivity index is 0.000000471. The molecule has 0 fully saturated rings. The summed E-state index contributed by atoms with van der Waals surface area (Å²) in [5.41, 5.74) is 2.83. The zero-order valence-electron chi connectivity index (χ0n) is 12.3. The molecule has 3 aromatic rings. The van der Waals surface area contributed by atoms with Gasteiger partial charge in [-0.3, -0.25) is 4.79 Å². The van der Waals surface area contributed by atoms with Crippen molar-refractivity contribution >= 4 is 27.4 Å². The van der Waals surface area contributed by atoms with Crippen molar-refractivity contribution in [2.45, 2.75) is 11.8 Å². The van der Waals surface area contributed by atoms with Gasteiger partial charge in [-0.25, -0.2) is 14.5 Å². The first-order valence-electron chi connectivity index (χ1n) is 6.54. The van der Waals surface area contributed by atoms with Crippen molar-refractivity contribution in [1.82, 2.24) is 19.6 Å². The van der Waals surface area contributed by atoms with Crippen molar-refractivity contribution in [3.8, 4) is 0 Å². The van der Waals surface area contributed by atoms with Gasteiger partial charge in [0, 0.05) is 11.9 Å². The molecule has 0 spiro atoms. The van der Waals surface area contributed by atoms with Crippen LogP contribution in [0.15, 0.2) is 42.9 Å². The van der Waals surface area contributed by atoms with Gasteiger partial charge in [0.15, 0.2) is 11.4 Å². The van der Waals surface area contributed by atoms with Crippen LogP contribution in [-0.4, -0.2) is 29.6 Å². The Labute approximate surface area is 150 Å². The summed E-state index contributed by atoms with van der Waals surface area (Å²) in [5.74, 6) is -0.0758. The quantitative estimate of drug-likeness (QED) is 0.425. The number of nitrogens with zero attached hydrogens (tertiary/aromatic N) is 4. The Morgan fingerprint density at radius 2 is 2.04 bits per heavy atom. The molecule has 0 bridgehead atoms. The van der Waals surface area contributed by atoms with Crippen LogP contribution in [0.5, 0.6) is 0 Å². The Morgan fingerprint density at radius 3 is 2.71 bits per heavy atom. The second-order valence-electron chi connectivity index (χ2n) is 4.62. The number of aryl methyl sites for hydroxylation is 1. The van der Waals surface area contributed by atoms with E-state index < -0.39 is 19.6 Å². The molecule has 3 rings (SSSR count). The average molecular weight is 460 g/mol. The number of Topliss-reactive ketones (excluding diaryl/α,β-unsaturated/α-hetero) is 1. The van der Waals surface area contributed by atoms with E-state index in [1.54, 1.807) is 16.8 Å². The van der Waals surface area contributed by atoms with E-state index in [0.717, 1.165) is 16.9 Å². The van der Waals surface area contributed by atoms with Crippen molar-refractivity contribution < 1.29 is 32.2 Å². The molecule has 3 heterocycles. The number of ketones is 1. The van der Waals surface area contributed by atoms with Crippen molar-refractivity contribution in [2.24, 2.45) is 0 Å². The van der Waals surface area contributed by atoms with E-state index in [1.807, 2.05) is 31.2 Å². The minimum Gasteiger partial charge on any atom is -0.372 e. The number of rotatable bonds is 3. The van der Waals surface area contributed by atoms with Crippen LogP contribution in [0.3, 0.4) is 0 Å². The van der Waals surface area contributed by atoms with E-state index in [9.17, 15) is 4.79 Å². The zero-order chi connectivity index (χ0) is 17.7. The molecule has 1 unspecified atom stereocenters. The number of hydrogen-bond donors (Lipinski definition) is 1. The summed E-state index contributed by atoms with van der Waals surface area (Å²) in [6.45, 7) is 1.86. The molecule has 126 valence electrons. The first-order valence-corrected chi connectivity index (χ1v) is 9.46. The number of aromatic nitrogens is 4. The number of pyridine rings is 2. The van der Waals surface area contributed by atoms with Crippen LogP contribution >= 0.6 is 15.9 Å². The molecule has 0 radical (unpaired) electrons. The van der Waals surface area contributed by atoms with Crippen LogP contribution in [0.25, 0.3) is 5.65 Å². The first-order chi connectivity index (χ1) is 11.4. The van der Waals surface area contributed by atoms with Gasteiger partial charge in [-0.05, 0) is 34.9 Å². The fourth-order valence-electron chi connectivity index (χ4n) is 1.94. The van der Waals surface area contributed by atoms with Gasteiger partial charge in [-0.2, -0.15) is 5.10 Å². The summed E-state index contributed by atoms with van der Waals surface area (Å²) < 4.78 is 26.0. The monoisotopic (exact) mass is 458 g/mol. The second kappa shape index (κ2) is 8.40. The molecule has 0 aromatic carbocycles. The molecule has 1 atom stereocenters. The van der Waals surface area contributed by atoms with Crippen molar-refractivity contribution in [3.05, 3.63) is 59.8 Å². The van der Waals surface area contributed by atoms with Gasteiger partial charge in [0.05, 0.1) is 0 Å². The van der Waals surface area contributed by atoms with Crippen LogP contribution in [0.2, 0.25) is 0 Å². The van der Waals surface area contributed by atoms with Gasteiger partial charge in [-0.1, -0.05) is 28.1 Å². The van der Waals surface area contributed by atoms with Crippen molar-refractivity contribution in [3.63, 3.8) is 0 Å². The SMILES string of the molecule is Cc1cccc(C(=O)C(Br)c2ccc3ncnn3c2)n1.[O-][Br+2]([O-])O. The van der Waals surface area contributed by atoms with E-state index in [1.165, 1.54) is 6.33 Å². The van der Waals surface area contributed by atoms with E-state index in [2.05, 4.69) is 31.0 Å². The molecule has 8 nitrogen and oxygen atoms in total. The summed E-state index contributed by atoms with van der Waals surface area (Å²) in [5, 5.41) is 4.07. The lowest BCUT2D eigenvalue weighted by molar-refractivity contribution is -1.63. The lowest BCUT2D eigenvalue weighted by atomic mass is 10.1. The Hall–Kier alpha value is -1.72. The molecule has 0 aliphatic heterocycles. The molecular formula is C14H12Br2N4O4. The standard InChI is InChI=1S/C14H11BrN4O.BrHO3/c1-9-3-2-4-11(18-9)14(20)13(15)10-5-6-12-16-8-17-19(12)7-10;2-1(3)4/h2-8,13H,1H3;2H. The molecule has 0 aliphatic rings. The molecule has 10 heteroatoms. The predicted molar refractivity (Wildman–Crippen MR) is 80.2 cm³/mol. The van der Waals surface area contributed by atoms with E-state index >= 15 is 0 Å². The van der Waals surface area contributed by atoms with E-state index in [-0.39, 0.29) is 5.78 Å². The van der Waals surface area contributed by atoms with Gasteiger partial charge in [0.1, 0.15) is 16.8 Å². The molecule has 0 aliphatic carbocycles. The third-order valence-corrected chi connectivity index (χ3v) is 3.91. The third-order valence-electron chi connectivity index (χ3n) is 2.96. The molecule has 3 aromatic heterocycles. The number of hydrogen-bond acceptors (Lipinski definition) is 7. The highest BCUT2D eigenvalue weighted by molar-refractivity contribution is 9.09. The Bertz CT molecular complexity index is 838. The minimum absolute atomic E-state index is 0.0758. The fourth-order valence-corrected chi connectivity index (χ4v) is 2.45. The summed E-state index contributed by atoms with van der Waals surface area (Å²) in [7, 11) is 0. The summed E-state index contributed by atoms with van der Waals surface area (Å²) >= 11 is 0.0398. The van der Waals surface area contributed by atoms with Crippen LogP contribution in [0.4, 0.5) is 0 Å². The number of carbonyl (C=O) groups is 1. The van der Waals surface area contributed by atoms with Gasteiger partial charge in [0.25, 0.3) is 0 Å². The topological polar surface area (TPSA) is 127 Å². The Kier molecular flexibility index (Phi) is 6.52. The molecule has 0 saturated carbocycles. The minimum atomic E-state index is -3.40. The first kappa shape index (κ1) is 18.6. The fraction of sp³-hybridized carbons (Fsp3) is 0.143.